The van der Waals surface area contributed by atoms with Crippen LogP contribution in [0.3, 0.4) is 0 Å². The topological polar surface area (TPSA) is 75.7 Å². The van der Waals surface area contributed by atoms with Gasteiger partial charge in [0.1, 0.15) is 12.4 Å². The van der Waals surface area contributed by atoms with Crippen LogP contribution in [0.25, 0.3) is 0 Å². The van der Waals surface area contributed by atoms with Gasteiger partial charge in [-0.1, -0.05) is 12.1 Å². The Balaban J connectivity index is 1.61. The monoisotopic (exact) mass is 360 g/mol. The molecule has 1 aliphatic heterocycles. The second-order valence-corrected chi connectivity index (χ2v) is 7.75. The second-order valence-electron chi connectivity index (χ2n) is 5.98. The van der Waals surface area contributed by atoms with Crippen LogP contribution < -0.4 is 14.4 Å². The highest BCUT2D eigenvalue weighted by Gasteiger charge is 2.26. The number of hydrogen-bond acceptors (Lipinski definition) is 4. The van der Waals surface area contributed by atoms with Crippen LogP contribution in [0.2, 0.25) is 0 Å². The molecule has 1 amide bonds. The molecule has 2 aromatic rings. The van der Waals surface area contributed by atoms with E-state index in [1.54, 1.807) is 19.2 Å². The standard InChI is InChI=1S/C18H20N2O4S/c1-13-4-3-5-15(10-13)24-9-8-19-25(22,23)16-6-7-17-14(11-16)12-18(21)20(17)2/h3-7,10-11,19H,8-9,12H2,1-2H3. The lowest BCUT2D eigenvalue weighted by atomic mass is 10.2. The maximum absolute atomic E-state index is 12.4. The van der Waals surface area contributed by atoms with Crippen molar-refractivity contribution in [1.29, 1.82) is 0 Å². The summed E-state index contributed by atoms with van der Waals surface area (Å²) in [5.41, 5.74) is 2.56. The fourth-order valence-electron chi connectivity index (χ4n) is 2.75. The maximum atomic E-state index is 12.4. The highest BCUT2D eigenvalue weighted by molar-refractivity contribution is 7.89. The van der Waals surface area contributed by atoms with Crippen LogP contribution in [-0.4, -0.2) is 34.5 Å². The number of likely N-dealkylation sites (N-methyl/N-ethyl adjacent to an activating group) is 1. The average Bonchev–Trinajstić information content (AvgIpc) is 2.86. The molecular weight excluding hydrogens is 340 g/mol. The van der Waals surface area contributed by atoms with E-state index in [4.69, 9.17) is 4.74 Å². The van der Waals surface area contributed by atoms with Gasteiger partial charge < -0.3 is 9.64 Å². The molecule has 1 heterocycles. The van der Waals surface area contributed by atoms with Crippen LogP contribution >= 0.6 is 0 Å². The minimum Gasteiger partial charge on any atom is -0.492 e. The molecule has 0 aliphatic carbocycles. The first-order valence-electron chi connectivity index (χ1n) is 7.95. The third-order valence-electron chi connectivity index (χ3n) is 4.09. The summed E-state index contributed by atoms with van der Waals surface area (Å²) in [6.07, 6.45) is 0.228. The fraction of sp³-hybridized carbons (Fsp3) is 0.278. The maximum Gasteiger partial charge on any atom is 0.240 e. The summed E-state index contributed by atoms with van der Waals surface area (Å²) in [6, 6.07) is 12.3. The zero-order valence-corrected chi connectivity index (χ0v) is 15.0. The van der Waals surface area contributed by atoms with Crippen LogP contribution in [-0.2, 0) is 21.2 Å². The molecule has 132 valence electrons. The van der Waals surface area contributed by atoms with E-state index >= 15 is 0 Å². The molecule has 0 bridgehead atoms. The van der Waals surface area contributed by atoms with Crippen molar-refractivity contribution in [2.24, 2.45) is 0 Å². The normalized spacial score (nSPS) is 13.8. The smallest absolute Gasteiger partial charge is 0.240 e. The van der Waals surface area contributed by atoms with E-state index in [1.165, 1.54) is 11.0 Å². The Labute approximate surface area is 147 Å². The van der Waals surface area contributed by atoms with Gasteiger partial charge in [0.15, 0.2) is 0 Å². The largest absolute Gasteiger partial charge is 0.492 e. The molecule has 0 saturated carbocycles. The Bertz CT molecular complexity index is 909. The third-order valence-corrected chi connectivity index (χ3v) is 5.55. The summed E-state index contributed by atoms with van der Waals surface area (Å²) in [4.78, 5) is 13.4. The van der Waals surface area contributed by atoms with Crippen LogP contribution in [0.5, 0.6) is 5.75 Å². The van der Waals surface area contributed by atoms with Crippen molar-refractivity contribution in [1.82, 2.24) is 4.72 Å². The first-order chi connectivity index (χ1) is 11.9. The van der Waals surface area contributed by atoms with Gasteiger partial charge in [-0.3, -0.25) is 4.79 Å². The van der Waals surface area contributed by atoms with Crippen LogP contribution in [0.15, 0.2) is 47.4 Å². The number of fused-ring (bicyclic) bond motifs is 1. The lowest BCUT2D eigenvalue weighted by Gasteiger charge is -2.12. The van der Waals surface area contributed by atoms with Crippen LogP contribution in [0.1, 0.15) is 11.1 Å². The van der Waals surface area contributed by atoms with E-state index in [2.05, 4.69) is 4.72 Å². The summed E-state index contributed by atoms with van der Waals surface area (Å²) in [7, 11) is -1.96. The second kappa shape index (κ2) is 6.85. The number of nitrogens with one attached hydrogen (secondary N) is 1. The van der Waals surface area contributed by atoms with Gasteiger partial charge in [-0.05, 0) is 48.4 Å². The quantitative estimate of drug-likeness (QED) is 0.798. The zero-order valence-electron chi connectivity index (χ0n) is 14.2. The molecule has 1 aliphatic rings. The van der Waals surface area contributed by atoms with E-state index in [0.717, 1.165) is 16.8 Å². The third kappa shape index (κ3) is 3.83. The van der Waals surface area contributed by atoms with Gasteiger partial charge in [0.2, 0.25) is 15.9 Å². The molecule has 1 N–H and O–H groups in total. The lowest BCUT2D eigenvalue weighted by molar-refractivity contribution is -0.117. The minimum absolute atomic E-state index is 0.0379. The van der Waals surface area contributed by atoms with Gasteiger partial charge in [-0.25, -0.2) is 13.1 Å². The summed E-state index contributed by atoms with van der Waals surface area (Å²) >= 11 is 0. The van der Waals surface area contributed by atoms with E-state index in [9.17, 15) is 13.2 Å². The molecule has 0 saturated heterocycles. The molecule has 2 aromatic carbocycles. The average molecular weight is 360 g/mol. The summed E-state index contributed by atoms with van der Waals surface area (Å²) in [5.74, 6) is 0.669. The first kappa shape index (κ1) is 17.4. The van der Waals surface area contributed by atoms with Crippen LogP contribution in [0.4, 0.5) is 5.69 Å². The van der Waals surface area contributed by atoms with Crippen molar-refractivity contribution in [2.45, 2.75) is 18.2 Å². The predicted octanol–water partition coefficient (Wildman–Crippen LogP) is 1.87. The Kier molecular flexibility index (Phi) is 4.78. The van der Waals surface area contributed by atoms with E-state index in [1.807, 2.05) is 31.2 Å². The number of carbonyl (C=O) groups is 1. The molecule has 25 heavy (non-hydrogen) atoms. The number of ether oxygens (including phenoxy) is 1. The summed E-state index contributed by atoms with van der Waals surface area (Å²) < 4.78 is 32.9. The number of sulfonamides is 1. The Hall–Kier alpha value is -2.38. The van der Waals surface area contributed by atoms with Crippen molar-refractivity contribution in [3.63, 3.8) is 0 Å². The van der Waals surface area contributed by atoms with Gasteiger partial charge in [-0.2, -0.15) is 0 Å². The Morgan fingerprint density at radius 1 is 1.20 bits per heavy atom. The van der Waals surface area contributed by atoms with Gasteiger partial charge in [0.05, 0.1) is 11.3 Å². The fourth-order valence-corrected chi connectivity index (χ4v) is 3.81. The van der Waals surface area contributed by atoms with Gasteiger partial charge in [-0.15, -0.1) is 0 Å². The zero-order chi connectivity index (χ0) is 18.0. The summed E-state index contributed by atoms with van der Waals surface area (Å²) in [6.45, 7) is 2.35. The highest BCUT2D eigenvalue weighted by atomic mass is 32.2. The van der Waals surface area contributed by atoms with E-state index in [0.29, 0.717) is 5.75 Å². The van der Waals surface area contributed by atoms with Gasteiger partial charge in [0, 0.05) is 19.3 Å². The molecule has 0 aromatic heterocycles. The number of hydrogen-bond donors (Lipinski definition) is 1. The molecule has 0 fully saturated rings. The molecular formula is C18H20N2O4S. The number of nitrogens with zero attached hydrogens (tertiary/aromatic N) is 1. The van der Waals surface area contributed by atoms with E-state index in [-0.39, 0.29) is 30.4 Å². The van der Waals surface area contributed by atoms with Gasteiger partial charge in [0.25, 0.3) is 0 Å². The number of benzene rings is 2. The van der Waals surface area contributed by atoms with Crippen LogP contribution in [0, 0.1) is 6.92 Å². The molecule has 0 spiro atoms. The summed E-state index contributed by atoms with van der Waals surface area (Å²) in [5, 5.41) is 0. The number of rotatable bonds is 6. The van der Waals surface area contributed by atoms with Gasteiger partial charge >= 0.3 is 0 Å². The minimum atomic E-state index is -3.64. The molecule has 6 nitrogen and oxygen atoms in total. The molecule has 0 unspecified atom stereocenters. The van der Waals surface area contributed by atoms with Crippen molar-refractivity contribution in [3.8, 4) is 5.75 Å². The first-order valence-corrected chi connectivity index (χ1v) is 9.44. The number of amides is 1. The number of carbonyl (C=O) groups excluding carboxylic acids is 1. The van der Waals surface area contributed by atoms with Crippen molar-refractivity contribution >= 4 is 21.6 Å². The lowest BCUT2D eigenvalue weighted by Crippen LogP contribution is -2.28. The predicted molar refractivity (Wildman–Crippen MR) is 95.4 cm³/mol. The Morgan fingerprint density at radius 2 is 2.00 bits per heavy atom. The number of aryl methyl sites for hydroxylation is 1. The van der Waals surface area contributed by atoms with Crippen molar-refractivity contribution < 1.29 is 17.9 Å². The highest BCUT2D eigenvalue weighted by Crippen LogP contribution is 2.29. The molecule has 3 rings (SSSR count). The SMILES string of the molecule is Cc1cccc(OCCNS(=O)(=O)c2ccc3c(c2)CC(=O)N3C)c1. The molecule has 0 atom stereocenters. The van der Waals surface area contributed by atoms with Crippen molar-refractivity contribution in [3.05, 3.63) is 53.6 Å². The molecule has 0 radical (unpaired) electrons. The van der Waals surface area contributed by atoms with Crippen molar-refractivity contribution in [2.75, 3.05) is 25.1 Å². The molecule has 7 heteroatoms. The number of anilines is 1. The van der Waals surface area contributed by atoms with E-state index < -0.39 is 10.0 Å². The Morgan fingerprint density at radius 3 is 2.76 bits per heavy atom.